The molecule has 0 saturated heterocycles. The fraction of sp³-hybridized carbons (Fsp3) is 0.211. The summed E-state index contributed by atoms with van der Waals surface area (Å²) < 4.78 is 19.7. The van der Waals surface area contributed by atoms with E-state index in [1.807, 2.05) is 0 Å². The van der Waals surface area contributed by atoms with Crippen molar-refractivity contribution in [2.75, 3.05) is 12.9 Å². The Morgan fingerprint density at radius 2 is 2.00 bits per heavy atom. The van der Waals surface area contributed by atoms with E-state index in [1.54, 1.807) is 18.2 Å². The summed E-state index contributed by atoms with van der Waals surface area (Å²) in [6.45, 7) is -0.228. The first kappa shape index (κ1) is 21.7. The average molecular weight is 449 g/mol. The fourth-order valence-electron chi connectivity index (χ4n) is 2.55. The molecule has 0 saturated carbocycles. The van der Waals surface area contributed by atoms with E-state index in [2.05, 4.69) is 9.73 Å². The van der Waals surface area contributed by atoms with E-state index in [1.165, 1.54) is 47.7 Å². The molecule has 0 aliphatic carbocycles. The van der Waals surface area contributed by atoms with Crippen molar-refractivity contribution in [3.63, 3.8) is 0 Å². The minimum absolute atomic E-state index is 0.132. The van der Waals surface area contributed by atoms with Gasteiger partial charge in [0.1, 0.15) is 12.4 Å². The first-order valence-electron chi connectivity index (χ1n) is 8.68. The zero-order valence-corrected chi connectivity index (χ0v) is 17.4. The molecule has 1 amide bonds. The molecule has 3 aromatic rings. The first-order valence-corrected chi connectivity index (χ1v) is 10.5. The zero-order chi connectivity index (χ0) is 21.7. The normalized spacial score (nSPS) is 11.6. The Balaban J connectivity index is 1.84. The van der Waals surface area contributed by atoms with Crippen LogP contribution in [0, 0.1) is 15.9 Å². The Bertz CT molecular complexity index is 1170. The molecule has 156 valence electrons. The molecule has 0 unspecified atom stereocenters. The van der Waals surface area contributed by atoms with Gasteiger partial charge in [-0.3, -0.25) is 19.7 Å². The number of nitro benzene ring substituents is 1. The van der Waals surface area contributed by atoms with Gasteiger partial charge in [0, 0.05) is 29.2 Å². The van der Waals surface area contributed by atoms with Crippen molar-refractivity contribution in [3.8, 4) is 0 Å². The molecule has 11 heteroatoms. The minimum Gasteiger partial charge on any atom is -0.468 e. The van der Waals surface area contributed by atoms with Crippen LogP contribution in [0.25, 0.3) is 10.2 Å². The van der Waals surface area contributed by atoms with Crippen LogP contribution in [-0.4, -0.2) is 34.2 Å². The molecule has 1 aromatic heterocycles. The number of halogens is 1. The van der Waals surface area contributed by atoms with Crippen LogP contribution in [0.5, 0.6) is 0 Å². The number of ether oxygens (including phenoxy) is 1. The average Bonchev–Trinajstić information content (AvgIpc) is 3.05. The van der Waals surface area contributed by atoms with Crippen molar-refractivity contribution in [2.24, 2.45) is 4.99 Å². The number of nitro groups is 1. The highest BCUT2D eigenvalue weighted by molar-refractivity contribution is 7.99. The number of nitrogens with zero attached hydrogens (tertiary/aromatic N) is 3. The fourth-order valence-corrected chi connectivity index (χ4v) is 4.42. The number of hydrogen-bond donors (Lipinski definition) is 0. The van der Waals surface area contributed by atoms with E-state index in [0.29, 0.717) is 16.0 Å². The van der Waals surface area contributed by atoms with Crippen LogP contribution < -0.4 is 4.80 Å². The number of carbonyl (C=O) groups is 2. The molecule has 0 radical (unpaired) electrons. The number of rotatable bonds is 7. The predicted molar refractivity (Wildman–Crippen MR) is 111 cm³/mol. The van der Waals surface area contributed by atoms with E-state index >= 15 is 0 Å². The van der Waals surface area contributed by atoms with Crippen molar-refractivity contribution < 1.29 is 23.6 Å². The van der Waals surface area contributed by atoms with Crippen LogP contribution in [0.15, 0.2) is 52.4 Å². The van der Waals surface area contributed by atoms with Gasteiger partial charge in [0.25, 0.3) is 5.69 Å². The second-order valence-electron chi connectivity index (χ2n) is 6.01. The maximum Gasteiger partial charge on any atom is 0.325 e. The van der Waals surface area contributed by atoms with Gasteiger partial charge in [0.2, 0.25) is 5.91 Å². The number of aromatic nitrogens is 1. The summed E-state index contributed by atoms with van der Waals surface area (Å²) in [6, 6.07) is 10.2. The lowest BCUT2D eigenvalue weighted by molar-refractivity contribution is -0.384. The summed E-state index contributed by atoms with van der Waals surface area (Å²) in [7, 11) is 1.23. The maximum absolute atomic E-state index is 12.9. The largest absolute Gasteiger partial charge is 0.468 e. The molecular formula is C19H16FN3O5S2. The summed E-state index contributed by atoms with van der Waals surface area (Å²) >= 11 is 2.55. The Hall–Kier alpha value is -3.05. The quantitative estimate of drug-likeness (QED) is 0.237. The van der Waals surface area contributed by atoms with E-state index in [0.717, 1.165) is 16.2 Å². The third kappa shape index (κ3) is 5.30. The van der Waals surface area contributed by atoms with E-state index in [4.69, 9.17) is 0 Å². The summed E-state index contributed by atoms with van der Waals surface area (Å²) in [4.78, 5) is 39.9. The molecule has 0 fully saturated rings. The number of fused-ring (bicyclic) bond motifs is 1. The standard InChI is InChI=1S/C19H16FN3O5S2/c1-28-18(25)11-22-15-10-13(23(26)27)4-7-16(15)30-19(22)21-17(24)8-9-29-14-5-2-12(20)3-6-14/h2-7,10H,8-9,11H2,1H3. The Morgan fingerprint density at radius 1 is 1.27 bits per heavy atom. The lowest BCUT2D eigenvalue weighted by Gasteiger charge is -2.03. The van der Waals surface area contributed by atoms with Gasteiger partial charge >= 0.3 is 5.97 Å². The highest BCUT2D eigenvalue weighted by Crippen LogP contribution is 2.23. The van der Waals surface area contributed by atoms with Crippen molar-refractivity contribution >= 4 is 50.9 Å². The molecule has 0 N–H and O–H groups in total. The number of thioether (sulfide) groups is 1. The molecule has 8 nitrogen and oxygen atoms in total. The van der Waals surface area contributed by atoms with Gasteiger partial charge < -0.3 is 9.30 Å². The van der Waals surface area contributed by atoms with Crippen molar-refractivity contribution in [1.82, 2.24) is 4.57 Å². The molecule has 2 aromatic carbocycles. The van der Waals surface area contributed by atoms with Crippen LogP contribution in [0.4, 0.5) is 10.1 Å². The lowest BCUT2D eigenvalue weighted by atomic mass is 10.3. The molecular weight excluding hydrogens is 433 g/mol. The molecule has 0 spiro atoms. The van der Waals surface area contributed by atoms with Gasteiger partial charge in [-0.25, -0.2) is 4.39 Å². The van der Waals surface area contributed by atoms with E-state index in [-0.39, 0.29) is 29.3 Å². The topological polar surface area (TPSA) is 104 Å². The Labute approximate surface area is 178 Å². The molecule has 0 atom stereocenters. The number of amides is 1. The van der Waals surface area contributed by atoms with Gasteiger partial charge in [-0.15, -0.1) is 11.8 Å². The molecule has 1 heterocycles. The summed E-state index contributed by atoms with van der Waals surface area (Å²) in [5, 5.41) is 11.1. The summed E-state index contributed by atoms with van der Waals surface area (Å²) in [5.74, 6) is -0.849. The smallest absolute Gasteiger partial charge is 0.325 e. The number of non-ortho nitro benzene ring substituents is 1. The van der Waals surface area contributed by atoms with Crippen molar-refractivity contribution in [2.45, 2.75) is 17.9 Å². The predicted octanol–water partition coefficient (Wildman–Crippen LogP) is 3.53. The van der Waals surface area contributed by atoms with Crippen LogP contribution in [0.2, 0.25) is 0 Å². The number of esters is 1. The lowest BCUT2D eigenvalue weighted by Crippen LogP contribution is -2.22. The van der Waals surface area contributed by atoms with Crippen LogP contribution in [0.3, 0.4) is 0 Å². The third-order valence-electron chi connectivity index (χ3n) is 4.01. The van der Waals surface area contributed by atoms with Crippen molar-refractivity contribution in [3.05, 3.63) is 63.2 Å². The molecule has 0 aliphatic rings. The van der Waals surface area contributed by atoms with Gasteiger partial charge in [0.05, 0.1) is 22.2 Å². The minimum atomic E-state index is -0.568. The summed E-state index contributed by atoms with van der Waals surface area (Å²) in [6.07, 6.45) is 0.134. The molecule has 3 rings (SSSR count). The Morgan fingerprint density at radius 3 is 2.67 bits per heavy atom. The highest BCUT2D eigenvalue weighted by atomic mass is 32.2. The molecule has 0 bridgehead atoms. The third-order valence-corrected chi connectivity index (χ3v) is 6.08. The molecule has 30 heavy (non-hydrogen) atoms. The van der Waals surface area contributed by atoms with Gasteiger partial charge in [-0.2, -0.15) is 4.99 Å². The number of benzene rings is 2. The second-order valence-corrected chi connectivity index (χ2v) is 8.19. The number of hydrogen-bond acceptors (Lipinski definition) is 7. The zero-order valence-electron chi connectivity index (χ0n) is 15.7. The van der Waals surface area contributed by atoms with Crippen molar-refractivity contribution in [1.29, 1.82) is 0 Å². The maximum atomic E-state index is 12.9. The highest BCUT2D eigenvalue weighted by Gasteiger charge is 2.15. The molecule has 0 aliphatic heterocycles. The number of thiazole rings is 1. The summed E-state index contributed by atoms with van der Waals surface area (Å²) in [5.41, 5.74) is 0.291. The first-order chi connectivity index (χ1) is 14.4. The van der Waals surface area contributed by atoms with E-state index in [9.17, 15) is 24.1 Å². The van der Waals surface area contributed by atoms with Crippen LogP contribution in [0.1, 0.15) is 6.42 Å². The van der Waals surface area contributed by atoms with Crippen LogP contribution >= 0.6 is 23.1 Å². The van der Waals surface area contributed by atoms with E-state index < -0.39 is 16.8 Å². The number of methoxy groups -OCH3 is 1. The second kappa shape index (κ2) is 9.63. The van der Waals surface area contributed by atoms with Crippen LogP contribution in [-0.2, 0) is 20.9 Å². The van der Waals surface area contributed by atoms with Gasteiger partial charge in [0.15, 0.2) is 4.80 Å². The number of carbonyl (C=O) groups excluding carboxylic acids is 2. The Kier molecular flexibility index (Phi) is 6.95. The van der Waals surface area contributed by atoms with Gasteiger partial charge in [-0.05, 0) is 30.3 Å². The van der Waals surface area contributed by atoms with Gasteiger partial charge in [-0.1, -0.05) is 11.3 Å². The SMILES string of the molecule is COC(=O)Cn1c(=NC(=O)CCSc2ccc(F)cc2)sc2ccc([N+](=O)[O-])cc21. The monoisotopic (exact) mass is 449 g/mol.